The molecule has 8 nitrogen and oxygen atoms in total. The third kappa shape index (κ3) is 4.29. The van der Waals surface area contributed by atoms with Gasteiger partial charge in [-0.15, -0.1) is 0 Å². The summed E-state index contributed by atoms with van der Waals surface area (Å²) in [5.74, 6) is 0.756. The summed E-state index contributed by atoms with van der Waals surface area (Å²) in [4.78, 5) is 26.2. The Labute approximate surface area is 186 Å². The molecule has 9 heteroatoms. The van der Waals surface area contributed by atoms with Crippen LogP contribution in [-0.2, 0) is 19.6 Å². The lowest BCUT2D eigenvalue weighted by molar-refractivity contribution is 0.119. The van der Waals surface area contributed by atoms with Crippen LogP contribution in [0.25, 0.3) is 0 Å². The van der Waals surface area contributed by atoms with Gasteiger partial charge >= 0.3 is 6.09 Å². The summed E-state index contributed by atoms with van der Waals surface area (Å²) in [7, 11) is 0. The molecule has 162 valence electrons. The molecule has 1 amide bonds. The first kappa shape index (κ1) is 21.3. The van der Waals surface area contributed by atoms with Crippen LogP contribution in [-0.4, -0.2) is 56.6 Å². The predicted molar refractivity (Wildman–Crippen MR) is 117 cm³/mol. The normalized spacial score (nSPS) is 18.7. The molecule has 1 saturated heterocycles. The van der Waals surface area contributed by atoms with Crippen molar-refractivity contribution >= 4 is 23.5 Å². The number of anilines is 1. The maximum Gasteiger partial charge on any atom is 0.407 e. The van der Waals surface area contributed by atoms with E-state index in [0.29, 0.717) is 32.7 Å². The lowest BCUT2D eigenvalue weighted by Gasteiger charge is -2.40. The van der Waals surface area contributed by atoms with Crippen molar-refractivity contribution in [3.8, 4) is 6.07 Å². The summed E-state index contributed by atoms with van der Waals surface area (Å²) >= 11 is 6.25. The second-order valence-electron chi connectivity index (χ2n) is 8.18. The summed E-state index contributed by atoms with van der Waals surface area (Å²) in [5.41, 5.74) is 5.81. The van der Waals surface area contributed by atoms with Gasteiger partial charge in [-0.3, -0.25) is 4.90 Å². The van der Waals surface area contributed by atoms with E-state index in [1.165, 1.54) is 21.6 Å². The molecule has 0 unspecified atom stereocenters. The molecule has 2 aliphatic rings. The molecule has 1 aromatic carbocycles. The van der Waals surface area contributed by atoms with Crippen LogP contribution >= 0.6 is 11.6 Å². The van der Waals surface area contributed by atoms with Crippen molar-refractivity contribution in [3.05, 3.63) is 51.4 Å². The highest BCUT2D eigenvalue weighted by Gasteiger charge is 2.34. The van der Waals surface area contributed by atoms with Gasteiger partial charge in [0.25, 0.3) is 0 Å². The minimum Gasteiger partial charge on any atom is -0.465 e. The Hall–Kier alpha value is -2.89. The molecule has 0 bridgehead atoms. The number of aromatic nitrogens is 2. The molecule has 3 heterocycles. The summed E-state index contributed by atoms with van der Waals surface area (Å²) in [6, 6.07) is 8.07. The third-order valence-corrected chi connectivity index (χ3v) is 6.43. The van der Waals surface area contributed by atoms with E-state index >= 15 is 0 Å². The van der Waals surface area contributed by atoms with E-state index in [0.717, 1.165) is 23.6 Å². The van der Waals surface area contributed by atoms with Crippen LogP contribution in [0, 0.1) is 25.2 Å². The fourth-order valence-electron chi connectivity index (χ4n) is 4.45. The largest absolute Gasteiger partial charge is 0.465 e. The molecule has 2 aliphatic heterocycles. The van der Waals surface area contributed by atoms with Gasteiger partial charge in [0.05, 0.1) is 24.2 Å². The highest BCUT2D eigenvalue weighted by molar-refractivity contribution is 6.28. The molecular weight excluding hydrogens is 416 g/mol. The summed E-state index contributed by atoms with van der Waals surface area (Å²) < 4.78 is 0. The van der Waals surface area contributed by atoms with Crippen molar-refractivity contribution in [2.75, 3.05) is 24.5 Å². The highest BCUT2D eigenvalue weighted by Crippen LogP contribution is 2.33. The van der Waals surface area contributed by atoms with Gasteiger partial charge in [0, 0.05) is 44.8 Å². The summed E-state index contributed by atoms with van der Waals surface area (Å²) in [6.07, 6.45) is -0.853. The fourth-order valence-corrected chi connectivity index (χ4v) is 4.63. The summed E-state index contributed by atoms with van der Waals surface area (Å²) in [5, 5.41) is 18.8. The molecule has 1 atom stereocenters. The minimum atomic E-state index is -0.995. The third-order valence-electron chi connectivity index (χ3n) is 6.26. The van der Waals surface area contributed by atoms with Gasteiger partial charge in [-0.05, 0) is 42.1 Å². The number of halogens is 1. The Bertz CT molecular complexity index is 1050. The van der Waals surface area contributed by atoms with Crippen LogP contribution in [0.3, 0.4) is 0 Å². The number of nitrogens with zero attached hydrogens (tertiary/aromatic N) is 6. The van der Waals surface area contributed by atoms with Gasteiger partial charge in [0.15, 0.2) is 0 Å². The summed E-state index contributed by atoms with van der Waals surface area (Å²) in [6.45, 7) is 7.71. The number of carboxylic acid groups (broad SMARTS) is 1. The molecule has 0 radical (unpaired) electrons. The van der Waals surface area contributed by atoms with Crippen molar-refractivity contribution in [3.63, 3.8) is 0 Å². The van der Waals surface area contributed by atoms with Gasteiger partial charge < -0.3 is 14.9 Å². The maximum atomic E-state index is 11.5. The topological polar surface area (TPSA) is 96.6 Å². The zero-order valence-corrected chi connectivity index (χ0v) is 18.4. The number of nitriles is 1. The first-order valence-corrected chi connectivity index (χ1v) is 10.7. The van der Waals surface area contributed by atoms with E-state index in [4.69, 9.17) is 16.9 Å². The van der Waals surface area contributed by atoms with Gasteiger partial charge in [-0.1, -0.05) is 18.2 Å². The second-order valence-corrected chi connectivity index (χ2v) is 8.52. The average molecular weight is 441 g/mol. The van der Waals surface area contributed by atoms with Crippen molar-refractivity contribution in [1.82, 2.24) is 19.8 Å². The highest BCUT2D eigenvalue weighted by atomic mass is 35.5. The number of hydrogen-bond acceptors (Lipinski definition) is 6. The van der Waals surface area contributed by atoms with E-state index in [1.54, 1.807) is 0 Å². The number of rotatable bonds is 4. The molecule has 0 aliphatic carbocycles. The molecule has 4 rings (SSSR count). The standard InChI is InChI=1S/C22H25ClN6O2/c1-14-4-3-5-16(15(14)2)10-27-12-18-19(13-27)25-21(23)26-20(18)28-8-9-29(22(30)31)17(11-28)6-7-24/h3-5,17H,6,8-13H2,1-2H3,(H,30,31)/t17-/m0/s1. The Balaban J connectivity index is 1.57. The molecule has 2 aromatic rings. The fraction of sp³-hybridized carbons (Fsp3) is 0.455. The van der Waals surface area contributed by atoms with Gasteiger partial charge in [-0.2, -0.15) is 5.26 Å². The van der Waals surface area contributed by atoms with Gasteiger partial charge in [-0.25, -0.2) is 14.8 Å². The first-order valence-electron chi connectivity index (χ1n) is 10.3. The maximum absolute atomic E-state index is 11.5. The number of hydrogen-bond donors (Lipinski definition) is 1. The Kier molecular flexibility index (Phi) is 5.99. The molecule has 31 heavy (non-hydrogen) atoms. The number of amides is 1. The zero-order valence-electron chi connectivity index (χ0n) is 17.7. The van der Waals surface area contributed by atoms with E-state index in [2.05, 4.69) is 57.9 Å². The van der Waals surface area contributed by atoms with Crippen LogP contribution < -0.4 is 4.90 Å². The zero-order chi connectivity index (χ0) is 22.1. The van der Waals surface area contributed by atoms with E-state index < -0.39 is 12.1 Å². The number of piperazine rings is 1. The van der Waals surface area contributed by atoms with Crippen LogP contribution in [0.2, 0.25) is 5.28 Å². The van der Waals surface area contributed by atoms with E-state index in [-0.39, 0.29) is 11.7 Å². The number of carbonyl (C=O) groups is 1. The van der Waals surface area contributed by atoms with E-state index in [1.807, 2.05) is 0 Å². The molecule has 1 aromatic heterocycles. The molecule has 1 fully saturated rings. The van der Waals surface area contributed by atoms with Crippen LogP contribution in [0.4, 0.5) is 10.6 Å². The van der Waals surface area contributed by atoms with Crippen LogP contribution in [0.1, 0.15) is 34.4 Å². The lowest BCUT2D eigenvalue weighted by Crippen LogP contribution is -2.55. The van der Waals surface area contributed by atoms with Crippen molar-refractivity contribution in [2.24, 2.45) is 0 Å². The second kappa shape index (κ2) is 8.69. The molecular formula is C22H25ClN6O2. The SMILES string of the molecule is Cc1cccc(CN2Cc3nc(Cl)nc(N4CCN(C(=O)O)[C@@H](CC#N)C4)c3C2)c1C. The van der Waals surface area contributed by atoms with Crippen molar-refractivity contribution in [1.29, 1.82) is 5.26 Å². The quantitative estimate of drug-likeness (QED) is 0.728. The monoisotopic (exact) mass is 440 g/mol. The number of benzene rings is 1. The van der Waals surface area contributed by atoms with Gasteiger partial charge in [0.2, 0.25) is 5.28 Å². The predicted octanol–water partition coefficient (Wildman–Crippen LogP) is 3.34. The van der Waals surface area contributed by atoms with E-state index in [9.17, 15) is 9.90 Å². The molecule has 1 N–H and O–H groups in total. The number of fused-ring (bicyclic) bond motifs is 1. The lowest BCUT2D eigenvalue weighted by atomic mass is 10.0. The van der Waals surface area contributed by atoms with Crippen molar-refractivity contribution < 1.29 is 9.90 Å². The molecule has 0 saturated carbocycles. The Morgan fingerprint density at radius 1 is 1.29 bits per heavy atom. The Morgan fingerprint density at radius 2 is 2.10 bits per heavy atom. The van der Waals surface area contributed by atoms with Crippen LogP contribution in [0.15, 0.2) is 18.2 Å². The van der Waals surface area contributed by atoms with Crippen LogP contribution in [0.5, 0.6) is 0 Å². The first-order chi connectivity index (χ1) is 14.9. The smallest absolute Gasteiger partial charge is 0.407 e. The van der Waals surface area contributed by atoms with Crippen molar-refractivity contribution in [2.45, 2.75) is 45.9 Å². The minimum absolute atomic E-state index is 0.141. The number of aryl methyl sites for hydroxylation is 1. The molecule has 0 spiro atoms. The Morgan fingerprint density at radius 3 is 2.84 bits per heavy atom. The average Bonchev–Trinajstić information content (AvgIpc) is 3.13. The van der Waals surface area contributed by atoms with Gasteiger partial charge in [0.1, 0.15) is 5.82 Å².